The van der Waals surface area contributed by atoms with Crippen LogP contribution in [0.2, 0.25) is 0 Å². The van der Waals surface area contributed by atoms with Gasteiger partial charge in [0.25, 0.3) is 0 Å². The van der Waals surface area contributed by atoms with E-state index in [1.54, 1.807) is 6.33 Å². The minimum absolute atomic E-state index is 0.00568. The minimum atomic E-state index is 0.00568. The Morgan fingerprint density at radius 1 is 1.40 bits per heavy atom. The standard InChI is InChI=1S/C18H26N6O/c1-3-19-18(20-11-14(2)25-16-7-5-4-6-8-16)23-15-9-10-17-21-13-22-24(17)12-15/h4-8,13-15H,3,9-12H2,1-2H3,(H2,19,20,23). The van der Waals surface area contributed by atoms with Crippen LogP contribution < -0.4 is 15.4 Å². The lowest BCUT2D eigenvalue weighted by molar-refractivity contribution is 0.230. The number of guanidine groups is 1. The number of hydrogen-bond acceptors (Lipinski definition) is 4. The first-order valence-electron chi connectivity index (χ1n) is 8.88. The Hall–Kier alpha value is -2.57. The summed E-state index contributed by atoms with van der Waals surface area (Å²) in [6.07, 6.45) is 3.59. The van der Waals surface area contributed by atoms with Crippen LogP contribution in [0.5, 0.6) is 5.75 Å². The first kappa shape index (κ1) is 17.3. The summed E-state index contributed by atoms with van der Waals surface area (Å²) in [5, 5.41) is 11.1. The van der Waals surface area contributed by atoms with Crippen LogP contribution in [0.1, 0.15) is 26.1 Å². The summed E-state index contributed by atoms with van der Waals surface area (Å²) >= 11 is 0. The van der Waals surface area contributed by atoms with E-state index in [9.17, 15) is 0 Å². The van der Waals surface area contributed by atoms with Gasteiger partial charge in [0, 0.05) is 19.0 Å². The van der Waals surface area contributed by atoms with Gasteiger partial charge >= 0.3 is 0 Å². The summed E-state index contributed by atoms with van der Waals surface area (Å²) in [5.74, 6) is 2.75. The van der Waals surface area contributed by atoms with E-state index >= 15 is 0 Å². The summed E-state index contributed by atoms with van der Waals surface area (Å²) in [4.78, 5) is 8.94. The van der Waals surface area contributed by atoms with Crippen molar-refractivity contribution in [3.05, 3.63) is 42.5 Å². The molecule has 7 nitrogen and oxygen atoms in total. The molecule has 2 aromatic rings. The lowest BCUT2D eigenvalue weighted by Crippen LogP contribution is -2.47. The molecule has 0 amide bonds. The number of aryl methyl sites for hydroxylation is 1. The molecule has 0 fully saturated rings. The molecule has 7 heteroatoms. The quantitative estimate of drug-likeness (QED) is 0.616. The maximum atomic E-state index is 5.88. The van der Waals surface area contributed by atoms with Crippen molar-refractivity contribution in [1.29, 1.82) is 0 Å². The number of aromatic nitrogens is 3. The zero-order valence-corrected chi connectivity index (χ0v) is 14.9. The molecule has 1 aromatic heterocycles. The number of rotatable bonds is 6. The average molecular weight is 342 g/mol. The van der Waals surface area contributed by atoms with Crippen LogP contribution in [0.15, 0.2) is 41.7 Å². The number of aliphatic imine (C=N–C) groups is 1. The molecule has 2 unspecified atom stereocenters. The highest BCUT2D eigenvalue weighted by Crippen LogP contribution is 2.12. The number of nitrogens with one attached hydrogen (secondary N) is 2. The topological polar surface area (TPSA) is 76.4 Å². The maximum Gasteiger partial charge on any atom is 0.191 e. The Kier molecular flexibility index (Phi) is 5.87. The largest absolute Gasteiger partial charge is 0.489 e. The van der Waals surface area contributed by atoms with Crippen LogP contribution in [0.3, 0.4) is 0 Å². The minimum Gasteiger partial charge on any atom is -0.489 e. The van der Waals surface area contributed by atoms with Gasteiger partial charge in [-0.2, -0.15) is 5.10 Å². The van der Waals surface area contributed by atoms with Gasteiger partial charge in [0.2, 0.25) is 0 Å². The van der Waals surface area contributed by atoms with E-state index in [0.29, 0.717) is 12.6 Å². The predicted molar refractivity (Wildman–Crippen MR) is 97.8 cm³/mol. The fourth-order valence-electron chi connectivity index (χ4n) is 2.86. The summed E-state index contributed by atoms with van der Waals surface area (Å²) < 4.78 is 7.85. The van der Waals surface area contributed by atoms with Crippen LogP contribution in [0.25, 0.3) is 0 Å². The summed E-state index contributed by atoms with van der Waals surface area (Å²) in [6, 6.07) is 10.1. The summed E-state index contributed by atoms with van der Waals surface area (Å²) in [7, 11) is 0. The van der Waals surface area contributed by atoms with E-state index in [1.807, 2.05) is 41.9 Å². The summed E-state index contributed by atoms with van der Waals surface area (Å²) in [6.45, 7) is 6.32. The van der Waals surface area contributed by atoms with Gasteiger partial charge < -0.3 is 15.4 Å². The van der Waals surface area contributed by atoms with Crippen molar-refractivity contribution >= 4 is 5.96 Å². The highest BCUT2D eigenvalue weighted by molar-refractivity contribution is 5.80. The van der Waals surface area contributed by atoms with Gasteiger partial charge in [0.1, 0.15) is 24.0 Å². The first-order chi connectivity index (χ1) is 12.2. The molecule has 2 heterocycles. The molecule has 0 saturated heterocycles. The van der Waals surface area contributed by atoms with Crippen LogP contribution in [-0.2, 0) is 13.0 Å². The third-order valence-electron chi connectivity index (χ3n) is 4.08. The van der Waals surface area contributed by atoms with Gasteiger partial charge in [0.05, 0.1) is 13.1 Å². The number of ether oxygens (including phenoxy) is 1. The molecule has 25 heavy (non-hydrogen) atoms. The molecule has 134 valence electrons. The van der Waals surface area contributed by atoms with Crippen molar-refractivity contribution in [2.24, 2.45) is 4.99 Å². The van der Waals surface area contributed by atoms with E-state index in [4.69, 9.17) is 4.74 Å². The maximum absolute atomic E-state index is 5.88. The highest BCUT2D eigenvalue weighted by atomic mass is 16.5. The van der Waals surface area contributed by atoms with Crippen molar-refractivity contribution in [2.75, 3.05) is 13.1 Å². The van der Waals surface area contributed by atoms with Gasteiger partial charge in [-0.25, -0.2) is 14.7 Å². The predicted octanol–water partition coefficient (Wildman–Crippen LogP) is 1.62. The summed E-state index contributed by atoms with van der Waals surface area (Å²) in [5.41, 5.74) is 0. The molecule has 0 bridgehead atoms. The molecule has 1 aromatic carbocycles. The van der Waals surface area contributed by atoms with Crippen molar-refractivity contribution in [3.8, 4) is 5.75 Å². The van der Waals surface area contributed by atoms with Crippen molar-refractivity contribution in [3.63, 3.8) is 0 Å². The zero-order valence-electron chi connectivity index (χ0n) is 14.9. The number of hydrogen-bond donors (Lipinski definition) is 2. The van der Waals surface area contributed by atoms with Gasteiger partial charge in [-0.05, 0) is 32.4 Å². The Morgan fingerprint density at radius 2 is 2.24 bits per heavy atom. The van der Waals surface area contributed by atoms with Crippen LogP contribution in [0.4, 0.5) is 0 Å². The van der Waals surface area contributed by atoms with E-state index in [0.717, 1.165) is 43.5 Å². The molecule has 2 atom stereocenters. The first-order valence-corrected chi connectivity index (χ1v) is 8.88. The van der Waals surface area contributed by atoms with Gasteiger partial charge in [-0.3, -0.25) is 0 Å². The lowest BCUT2D eigenvalue weighted by atomic mass is 10.1. The van der Waals surface area contributed by atoms with E-state index in [1.165, 1.54) is 0 Å². The van der Waals surface area contributed by atoms with E-state index in [2.05, 4.69) is 32.6 Å². The Labute approximate surface area is 148 Å². The van der Waals surface area contributed by atoms with Crippen LogP contribution in [-0.4, -0.2) is 46.0 Å². The molecular formula is C18H26N6O. The highest BCUT2D eigenvalue weighted by Gasteiger charge is 2.20. The number of nitrogens with zero attached hydrogens (tertiary/aromatic N) is 4. The Morgan fingerprint density at radius 3 is 3.04 bits per heavy atom. The van der Waals surface area contributed by atoms with Crippen molar-refractivity contribution < 1.29 is 4.74 Å². The molecule has 3 rings (SSSR count). The molecule has 0 saturated carbocycles. The molecule has 0 aliphatic carbocycles. The smallest absolute Gasteiger partial charge is 0.191 e. The number of fused-ring (bicyclic) bond motifs is 1. The fraction of sp³-hybridized carbons (Fsp3) is 0.500. The van der Waals surface area contributed by atoms with E-state index in [-0.39, 0.29) is 6.10 Å². The van der Waals surface area contributed by atoms with Crippen LogP contribution in [0, 0.1) is 0 Å². The van der Waals surface area contributed by atoms with Gasteiger partial charge in [-0.15, -0.1) is 0 Å². The third-order valence-corrected chi connectivity index (χ3v) is 4.08. The van der Waals surface area contributed by atoms with E-state index < -0.39 is 0 Å². The van der Waals surface area contributed by atoms with Gasteiger partial charge in [0.15, 0.2) is 5.96 Å². The van der Waals surface area contributed by atoms with Crippen molar-refractivity contribution in [1.82, 2.24) is 25.4 Å². The molecule has 1 aliphatic heterocycles. The molecular weight excluding hydrogens is 316 g/mol. The Bertz CT molecular complexity index is 684. The Balaban J connectivity index is 1.54. The second kappa shape index (κ2) is 8.50. The number of benzene rings is 1. The number of para-hydroxylation sites is 1. The molecule has 0 radical (unpaired) electrons. The molecule has 0 spiro atoms. The normalized spacial score (nSPS) is 18.3. The zero-order chi connectivity index (χ0) is 17.5. The van der Waals surface area contributed by atoms with Crippen LogP contribution >= 0.6 is 0 Å². The SMILES string of the molecule is CCNC(=NCC(C)Oc1ccccc1)NC1CCc2ncnn2C1. The molecule has 1 aliphatic rings. The third kappa shape index (κ3) is 4.95. The fourth-order valence-corrected chi connectivity index (χ4v) is 2.86. The second-order valence-corrected chi connectivity index (χ2v) is 6.20. The van der Waals surface area contributed by atoms with Gasteiger partial charge in [-0.1, -0.05) is 18.2 Å². The van der Waals surface area contributed by atoms with Crippen molar-refractivity contribution in [2.45, 2.75) is 45.4 Å². The average Bonchev–Trinajstić information content (AvgIpc) is 3.08. The molecule has 2 N–H and O–H groups in total. The second-order valence-electron chi connectivity index (χ2n) is 6.20. The lowest BCUT2D eigenvalue weighted by Gasteiger charge is -2.25. The monoisotopic (exact) mass is 342 g/mol.